The normalized spacial score (nSPS) is 13.7. The summed E-state index contributed by atoms with van der Waals surface area (Å²) in [5.74, 6) is -2.22. The lowest BCUT2D eigenvalue weighted by Crippen LogP contribution is -2.29. The maximum absolute atomic E-state index is 13.0. The van der Waals surface area contributed by atoms with Gasteiger partial charge < -0.3 is 15.2 Å². The SMILES string of the molecule is C[C@@H](O)C(C(=O)Nc1cc(Cl)c(-c2ccccc2OC(F)(F)F)c(Cl)c1)c1ccc(S(C)(=O)=O)cc1. The number of halogens is 5. The van der Waals surface area contributed by atoms with Gasteiger partial charge in [-0.3, -0.25) is 4.79 Å². The summed E-state index contributed by atoms with van der Waals surface area (Å²) in [7, 11) is -3.45. The lowest BCUT2D eigenvalue weighted by atomic mass is 9.93. The Hall–Kier alpha value is -2.79. The minimum Gasteiger partial charge on any atom is -0.405 e. The first kappa shape index (κ1) is 27.8. The predicted molar refractivity (Wildman–Crippen MR) is 131 cm³/mol. The van der Waals surface area contributed by atoms with E-state index in [-0.39, 0.29) is 31.8 Å². The Labute approximate surface area is 215 Å². The lowest BCUT2D eigenvalue weighted by molar-refractivity contribution is -0.274. The van der Waals surface area contributed by atoms with Crippen LogP contribution < -0.4 is 10.1 Å². The van der Waals surface area contributed by atoms with Gasteiger partial charge in [0.15, 0.2) is 9.84 Å². The lowest BCUT2D eigenvalue weighted by Gasteiger charge is -2.21. The highest BCUT2D eigenvalue weighted by atomic mass is 35.5. The van der Waals surface area contributed by atoms with Crippen LogP contribution in [-0.4, -0.2) is 38.2 Å². The first-order chi connectivity index (χ1) is 16.7. The van der Waals surface area contributed by atoms with Crippen molar-refractivity contribution >= 4 is 44.6 Å². The van der Waals surface area contributed by atoms with Gasteiger partial charge in [-0.2, -0.15) is 0 Å². The number of hydrogen-bond donors (Lipinski definition) is 2. The van der Waals surface area contributed by atoms with Crippen molar-refractivity contribution in [1.82, 2.24) is 0 Å². The number of aliphatic hydroxyl groups is 1. The number of ether oxygens (including phenoxy) is 1. The topological polar surface area (TPSA) is 92.7 Å². The molecule has 12 heteroatoms. The summed E-state index contributed by atoms with van der Waals surface area (Å²) in [6, 6.07) is 13.4. The van der Waals surface area contributed by atoms with Crippen molar-refractivity contribution in [3.8, 4) is 16.9 Å². The molecule has 0 radical (unpaired) electrons. The number of para-hydroxylation sites is 1. The molecular weight excluding hydrogens is 542 g/mol. The van der Waals surface area contributed by atoms with Crippen LogP contribution >= 0.6 is 23.2 Å². The molecule has 192 valence electrons. The fraction of sp³-hybridized carbons (Fsp3) is 0.208. The van der Waals surface area contributed by atoms with E-state index in [9.17, 15) is 31.5 Å². The predicted octanol–water partition coefficient (Wildman–Crippen LogP) is 6.07. The van der Waals surface area contributed by atoms with Crippen molar-refractivity contribution in [3.63, 3.8) is 0 Å². The molecule has 3 rings (SSSR count). The van der Waals surface area contributed by atoms with Crippen molar-refractivity contribution in [2.45, 2.75) is 30.2 Å². The Morgan fingerprint density at radius 2 is 1.58 bits per heavy atom. The van der Waals surface area contributed by atoms with Crippen molar-refractivity contribution < 1.29 is 36.2 Å². The molecule has 0 aliphatic heterocycles. The highest BCUT2D eigenvalue weighted by Crippen LogP contribution is 2.43. The maximum Gasteiger partial charge on any atom is 0.573 e. The number of alkyl halides is 3. The Morgan fingerprint density at radius 1 is 1.03 bits per heavy atom. The summed E-state index contributed by atoms with van der Waals surface area (Å²) in [6.45, 7) is 1.40. The van der Waals surface area contributed by atoms with Crippen molar-refractivity contribution in [2.24, 2.45) is 0 Å². The van der Waals surface area contributed by atoms with Crippen LogP contribution in [0.5, 0.6) is 5.75 Å². The van der Waals surface area contributed by atoms with E-state index >= 15 is 0 Å². The zero-order chi connectivity index (χ0) is 26.8. The van der Waals surface area contributed by atoms with E-state index in [1.807, 2.05) is 0 Å². The molecule has 2 N–H and O–H groups in total. The van der Waals surface area contributed by atoms with Gasteiger partial charge in [-0.1, -0.05) is 53.5 Å². The molecule has 6 nitrogen and oxygen atoms in total. The molecule has 3 aromatic carbocycles. The first-order valence-electron chi connectivity index (χ1n) is 10.3. The van der Waals surface area contributed by atoms with Crippen LogP contribution in [0.4, 0.5) is 18.9 Å². The zero-order valence-electron chi connectivity index (χ0n) is 18.8. The Bertz CT molecular complexity index is 1350. The third kappa shape index (κ3) is 6.70. The quantitative estimate of drug-likeness (QED) is 0.365. The van der Waals surface area contributed by atoms with Crippen LogP contribution in [0.15, 0.2) is 65.6 Å². The number of hydrogen-bond acceptors (Lipinski definition) is 5. The molecule has 0 bridgehead atoms. The van der Waals surface area contributed by atoms with E-state index in [0.29, 0.717) is 5.56 Å². The average molecular weight is 562 g/mol. The van der Waals surface area contributed by atoms with E-state index in [1.54, 1.807) is 0 Å². The highest BCUT2D eigenvalue weighted by Gasteiger charge is 2.33. The molecular formula is C24H20Cl2F3NO5S. The van der Waals surface area contributed by atoms with Crippen LogP contribution in [0, 0.1) is 0 Å². The zero-order valence-corrected chi connectivity index (χ0v) is 21.1. The van der Waals surface area contributed by atoms with Crippen LogP contribution in [0.3, 0.4) is 0 Å². The number of rotatable bonds is 7. The van der Waals surface area contributed by atoms with Crippen molar-refractivity contribution in [2.75, 3.05) is 11.6 Å². The van der Waals surface area contributed by atoms with Crippen LogP contribution in [0.25, 0.3) is 11.1 Å². The van der Waals surface area contributed by atoms with Crippen LogP contribution in [0.1, 0.15) is 18.4 Å². The van der Waals surface area contributed by atoms with Gasteiger partial charge in [0.05, 0.1) is 27.0 Å². The second-order valence-corrected chi connectivity index (χ2v) is 10.7. The largest absolute Gasteiger partial charge is 0.573 e. The van der Waals surface area contributed by atoms with Gasteiger partial charge in [0.1, 0.15) is 5.75 Å². The Morgan fingerprint density at radius 3 is 2.08 bits per heavy atom. The standard InChI is InChI=1S/C24H20Cl2F3NO5S/c1-13(31)21(14-7-9-16(10-8-14)36(2,33)34)23(32)30-15-11-18(25)22(19(26)12-15)17-5-3-4-6-20(17)35-24(27,28)29/h3-13,21,31H,1-2H3,(H,30,32)/t13-,21?/m1/s1. The molecule has 0 aromatic heterocycles. The molecule has 2 atom stereocenters. The Balaban J connectivity index is 1.92. The molecule has 1 unspecified atom stereocenters. The fourth-order valence-corrected chi connectivity index (χ4v) is 4.90. The van der Waals surface area contributed by atoms with Gasteiger partial charge >= 0.3 is 6.36 Å². The molecule has 36 heavy (non-hydrogen) atoms. The number of carbonyl (C=O) groups excluding carboxylic acids is 1. The monoisotopic (exact) mass is 561 g/mol. The van der Waals surface area contributed by atoms with Gasteiger partial charge in [-0.15, -0.1) is 13.2 Å². The number of amides is 1. The van der Waals surface area contributed by atoms with Crippen LogP contribution in [-0.2, 0) is 14.6 Å². The average Bonchev–Trinajstić information content (AvgIpc) is 2.73. The molecule has 0 heterocycles. The van der Waals surface area contributed by atoms with E-state index in [0.717, 1.165) is 12.3 Å². The first-order valence-corrected chi connectivity index (χ1v) is 12.9. The summed E-state index contributed by atoms with van der Waals surface area (Å²) in [5.41, 5.74) is 0.559. The minimum absolute atomic E-state index is 0.00414. The molecule has 0 fully saturated rings. The van der Waals surface area contributed by atoms with Crippen molar-refractivity contribution in [1.29, 1.82) is 0 Å². The van der Waals surface area contributed by atoms with Crippen molar-refractivity contribution in [3.05, 3.63) is 76.3 Å². The minimum atomic E-state index is -4.93. The van der Waals surface area contributed by atoms with Gasteiger partial charge in [0.2, 0.25) is 5.91 Å². The molecule has 0 spiro atoms. The molecule has 0 saturated heterocycles. The number of carbonyl (C=O) groups is 1. The van der Waals surface area contributed by atoms with Gasteiger partial charge in [0.25, 0.3) is 0 Å². The van der Waals surface area contributed by atoms with E-state index in [1.165, 1.54) is 61.5 Å². The second-order valence-electron chi connectivity index (χ2n) is 7.91. The second kappa shape index (κ2) is 10.7. The van der Waals surface area contributed by atoms with E-state index in [2.05, 4.69) is 10.1 Å². The molecule has 0 aliphatic carbocycles. The number of benzene rings is 3. The molecule has 0 saturated carbocycles. The summed E-state index contributed by atoms with van der Waals surface area (Å²) in [6.07, 6.45) is -5.03. The third-order valence-electron chi connectivity index (χ3n) is 5.12. The number of aliphatic hydroxyl groups excluding tert-OH is 1. The number of anilines is 1. The van der Waals surface area contributed by atoms with Gasteiger partial charge in [-0.05, 0) is 42.8 Å². The van der Waals surface area contributed by atoms with E-state index < -0.39 is 39.9 Å². The number of nitrogens with one attached hydrogen (secondary N) is 1. The van der Waals surface area contributed by atoms with Gasteiger partial charge in [-0.25, -0.2) is 8.42 Å². The molecule has 3 aromatic rings. The molecule has 1 amide bonds. The Kier molecular flexibility index (Phi) is 8.24. The summed E-state index contributed by atoms with van der Waals surface area (Å²) in [4.78, 5) is 13.1. The highest BCUT2D eigenvalue weighted by molar-refractivity contribution is 7.90. The van der Waals surface area contributed by atoms with Crippen LogP contribution in [0.2, 0.25) is 10.0 Å². The van der Waals surface area contributed by atoms with Gasteiger partial charge in [0, 0.05) is 23.1 Å². The smallest absolute Gasteiger partial charge is 0.405 e. The van der Waals surface area contributed by atoms with E-state index in [4.69, 9.17) is 23.2 Å². The number of sulfone groups is 1. The summed E-state index contributed by atoms with van der Waals surface area (Å²) >= 11 is 12.7. The third-order valence-corrected chi connectivity index (χ3v) is 6.85. The summed E-state index contributed by atoms with van der Waals surface area (Å²) < 4.78 is 65.9. The molecule has 0 aliphatic rings. The fourth-order valence-electron chi connectivity index (χ4n) is 3.58. The maximum atomic E-state index is 13.0. The summed E-state index contributed by atoms with van der Waals surface area (Å²) in [5, 5.41) is 12.7.